The average Bonchev–Trinajstić information content (AvgIpc) is 2.17. The number of phenolic OH excluding ortho intramolecular Hbond substituents is 2. The molecule has 2 aromatic rings. The van der Waals surface area contributed by atoms with Gasteiger partial charge in [0, 0.05) is 19.1 Å². The molecule has 0 aliphatic heterocycles. The van der Waals surface area contributed by atoms with Gasteiger partial charge in [-0.1, -0.05) is 0 Å². The largest absolute Gasteiger partial charge is 0.504 e. The molecule has 3 heteroatoms. The van der Waals surface area contributed by atoms with E-state index < -0.39 is 0 Å². The van der Waals surface area contributed by atoms with Crippen LogP contribution in [-0.2, 0) is 7.05 Å². The highest BCUT2D eigenvalue weighted by atomic mass is 16.3. The van der Waals surface area contributed by atoms with E-state index in [1.165, 1.54) is 6.07 Å². The summed E-state index contributed by atoms with van der Waals surface area (Å²) in [7, 11) is 1.92. The van der Waals surface area contributed by atoms with Crippen molar-refractivity contribution >= 4 is 10.9 Å². The second-order valence-electron chi connectivity index (χ2n) is 3.40. The van der Waals surface area contributed by atoms with Crippen LogP contribution in [0.3, 0.4) is 0 Å². The maximum absolute atomic E-state index is 9.61. The van der Waals surface area contributed by atoms with E-state index in [4.69, 9.17) is 0 Å². The molecule has 0 spiro atoms. The van der Waals surface area contributed by atoms with Crippen molar-refractivity contribution in [3.8, 4) is 11.5 Å². The van der Waals surface area contributed by atoms with Gasteiger partial charge in [-0.2, -0.15) is 4.57 Å². The Kier molecular flexibility index (Phi) is 1.81. The van der Waals surface area contributed by atoms with Gasteiger partial charge in [-0.25, -0.2) is 0 Å². The summed E-state index contributed by atoms with van der Waals surface area (Å²) in [5.41, 5.74) is 2.00. The number of hydrogen-bond donors (Lipinski definition) is 2. The van der Waals surface area contributed by atoms with Gasteiger partial charge in [0.25, 0.3) is 0 Å². The maximum Gasteiger partial charge on any atom is 0.216 e. The number of fused-ring (bicyclic) bond motifs is 1. The zero-order valence-corrected chi connectivity index (χ0v) is 8.15. The van der Waals surface area contributed by atoms with E-state index in [9.17, 15) is 10.2 Å². The van der Waals surface area contributed by atoms with Crippen LogP contribution in [0.25, 0.3) is 10.9 Å². The predicted molar refractivity (Wildman–Crippen MR) is 53.2 cm³/mol. The number of phenols is 2. The molecule has 0 saturated carbocycles. The van der Waals surface area contributed by atoms with Crippen LogP contribution in [0.15, 0.2) is 24.3 Å². The molecule has 3 nitrogen and oxygen atoms in total. The van der Waals surface area contributed by atoms with Gasteiger partial charge in [-0.05, 0) is 12.1 Å². The lowest BCUT2D eigenvalue weighted by Crippen LogP contribution is -2.32. The Balaban J connectivity index is 2.94. The van der Waals surface area contributed by atoms with E-state index in [0.29, 0.717) is 5.39 Å². The van der Waals surface area contributed by atoms with Gasteiger partial charge in [0.2, 0.25) is 5.52 Å². The Hall–Kier alpha value is -1.77. The maximum atomic E-state index is 9.61. The summed E-state index contributed by atoms with van der Waals surface area (Å²) in [6, 6.07) is 7.00. The number of pyridine rings is 1. The molecular formula is C11H12NO2+. The molecular weight excluding hydrogens is 178 g/mol. The van der Waals surface area contributed by atoms with E-state index in [2.05, 4.69) is 0 Å². The minimum absolute atomic E-state index is 0.0573. The third-order valence-electron chi connectivity index (χ3n) is 2.55. The van der Waals surface area contributed by atoms with Crippen LogP contribution in [0.4, 0.5) is 0 Å². The van der Waals surface area contributed by atoms with E-state index in [1.807, 2.05) is 24.6 Å². The molecule has 2 N–H and O–H groups in total. The summed E-state index contributed by atoms with van der Waals surface area (Å²) in [4.78, 5) is 0. The van der Waals surface area contributed by atoms with Gasteiger partial charge in [0.15, 0.2) is 17.2 Å². The molecule has 0 saturated heterocycles. The van der Waals surface area contributed by atoms with Crippen molar-refractivity contribution in [2.45, 2.75) is 6.92 Å². The lowest BCUT2D eigenvalue weighted by atomic mass is 10.1. The first-order valence-corrected chi connectivity index (χ1v) is 4.41. The topological polar surface area (TPSA) is 44.3 Å². The van der Waals surface area contributed by atoms with Gasteiger partial charge in [0.05, 0.1) is 5.39 Å². The minimum Gasteiger partial charge on any atom is -0.504 e. The summed E-state index contributed by atoms with van der Waals surface area (Å²) in [5, 5.41) is 19.6. The van der Waals surface area contributed by atoms with E-state index in [0.717, 1.165) is 11.2 Å². The number of benzene rings is 1. The summed E-state index contributed by atoms with van der Waals surface area (Å²) in [6.07, 6.45) is 0. The monoisotopic (exact) mass is 190 g/mol. The highest BCUT2D eigenvalue weighted by Crippen LogP contribution is 2.31. The van der Waals surface area contributed by atoms with Gasteiger partial charge in [-0.3, -0.25) is 0 Å². The van der Waals surface area contributed by atoms with E-state index in [-0.39, 0.29) is 11.5 Å². The number of aromatic nitrogens is 1. The smallest absolute Gasteiger partial charge is 0.216 e. The van der Waals surface area contributed by atoms with Crippen LogP contribution >= 0.6 is 0 Å². The summed E-state index contributed by atoms with van der Waals surface area (Å²) >= 11 is 0. The minimum atomic E-state index is -0.0821. The quantitative estimate of drug-likeness (QED) is 0.487. The first kappa shape index (κ1) is 8.81. The number of aryl methyl sites for hydroxylation is 2. The van der Waals surface area contributed by atoms with Crippen LogP contribution in [0.5, 0.6) is 11.5 Å². The zero-order valence-electron chi connectivity index (χ0n) is 8.15. The van der Waals surface area contributed by atoms with Crippen LogP contribution in [0, 0.1) is 6.92 Å². The summed E-state index contributed by atoms with van der Waals surface area (Å²) in [6.45, 7) is 1.99. The predicted octanol–water partition coefficient (Wildman–Crippen LogP) is 1.38. The van der Waals surface area contributed by atoms with Crippen molar-refractivity contribution in [1.82, 2.24) is 0 Å². The fourth-order valence-corrected chi connectivity index (χ4v) is 1.55. The van der Waals surface area contributed by atoms with Gasteiger partial charge < -0.3 is 10.2 Å². The van der Waals surface area contributed by atoms with Crippen LogP contribution in [-0.4, -0.2) is 10.2 Å². The number of aromatic hydroxyl groups is 2. The third kappa shape index (κ3) is 1.09. The second-order valence-corrected chi connectivity index (χ2v) is 3.40. The van der Waals surface area contributed by atoms with Gasteiger partial charge in [0.1, 0.15) is 7.05 Å². The molecule has 0 fully saturated rings. The molecule has 72 valence electrons. The zero-order chi connectivity index (χ0) is 10.3. The van der Waals surface area contributed by atoms with E-state index >= 15 is 0 Å². The molecule has 0 amide bonds. The van der Waals surface area contributed by atoms with E-state index in [1.54, 1.807) is 12.1 Å². The fraction of sp³-hybridized carbons (Fsp3) is 0.182. The first-order chi connectivity index (χ1) is 6.61. The summed E-state index contributed by atoms with van der Waals surface area (Å²) < 4.78 is 1.97. The third-order valence-corrected chi connectivity index (χ3v) is 2.55. The van der Waals surface area contributed by atoms with Crippen molar-refractivity contribution in [3.63, 3.8) is 0 Å². The van der Waals surface area contributed by atoms with Crippen molar-refractivity contribution in [2.75, 3.05) is 0 Å². The SMILES string of the molecule is Cc1ccc2c(O)c(O)ccc2[n+]1C. The van der Waals surface area contributed by atoms with Crippen molar-refractivity contribution < 1.29 is 14.8 Å². The molecule has 0 radical (unpaired) electrons. The number of rotatable bonds is 0. The second kappa shape index (κ2) is 2.87. The average molecular weight is 190 g/mol. The number of hydrogen-bond acceptors (Lipinski definition) is 2. The Morgan fingerprint density at radius 3 is 2.50 bits per heavy atom. The molecule has 1 aromatic heterocycles. The number of nitrogens with zero attached hydrogens (tertiary/aromatic N) is 1. The Morgan fingerprint density at radius 2 is 1.79 bits per heavy atom. The Morgan fingerprint density at radius 1 is 1.07 bits per heavy atom. The fourth-order valence-electron chi connectivity index (χ4n) is 1.55. The molecule has 1 aromatic carbocycles. The van der Waals surface area contributed by atoms with Crippen molar-refractivity contribution in [2.24, 2.45) is 7.05 Å². The highest BCUT2D eigenvalue weighted by molar-refractivity contribution is 5.85. The Bertz CT molecular complexity index is 459. The van der Waals surface area contributed by atoms with Gasteiger partial charge in [-0.15, -0.1) is 0 Å². The molecule has 1 heterocycles. The van der Waals surface area contributed by atoms with Crippen molar-refractivity contribution in [3.05, 3.63) is 30.0 Å². The van der Waals surface area contributed by atoms with Crippen LogP contribution < -0.4 is 4.57 Å². The lowest BCUT2D eigenvalue weighted by molar-refractivity contribution is -0.651. The molecule has 0 aliphatic carbocycles. The lowest BCUT2D eigenvalue weighted by Gasteiger charge is -2.02. The molecule has 0 aliphatic rings. The van der Waals surface area contributed by atoms with Crippen molar-refractivity contribution in [1.29, 1.82) is 0 Å². The molecule has 0 unspecified atom stereocenters. The standard InChI is InChI=1S/C11H11NO2/c1-7-3-4-8-9(12(7)2)5-6-10(13)11(8)14/h3-6,13H,1-2H3/p+1. The molecule has 2 rings (SSSR count). The summed E-state index contributed by atoms with van der Waals surface area (Å²) in [5.74, 6) is -0.139. The molecule has 14 heavy (non-hydrogen) atoms. The molecule has 0 atom stereocenters. The molecule has 0 bridgehead atoms. The van der Waals surface area contributed by atoms with Crippen LogP contribution in [0.2, 0.25) is 0 Å². The van der Waals surface area contributed by atoms with Gasteiger partial charge >= 0.3 is 0 Å². The highest BCUT2D eigenvalue weighted by Gasteiger charge is 2.13. The normalized spacial score (nSPS) is 10.7. The first-order valence-electron chi connectivity index (χ1n) is 4.41. The Labute approximate surface area is 81.9 Å². The van der Waals surface area contributed by atoms with Crippen LogP contribution in [0.1, 0.15) is 5.69 Å².